The number of thioether (sulfide) groups is 1. The smallest absolute Gasteiger partial charge is 0.322 e. The summed E-state index contributed by atoms with van der Waals surface area (Å²) >= 11 is 1.69. The van der Waals surface area contributed by atoms with Crippen molar-refractivity contribution in [3.63, 3.8) is 0 Å². The van der Waals surface area contributed by atoms with Crippen LogP contribution < -0.4 is 5.73 Å². The summed E-state index contributed by atoms with van der Waals surface area (Å²) in [6.07, 6.45) is 5.88. The van der Waals surface area contributed by atoms with Crippen molar-refractivity contribution in [3.05, 3.63) is 0 Å². The number of hydrogen-bond donors (Lipinski definition) is 1. The predicted molar refractivity (Wildman–Crippen MR) is 61.5 cm³/mol. The lowest BCUT2D eigenvalue weighted by atomic mass is 10.2. The molecule has 0 unspecified atom stereocenters. The molecule has 0 aliphatic heterocycles. The highest BCUT2D eigenvalue weighted by molar-refractivity contribution is 7.98. The fraction of sp³-hybridized carbons (Fsp3) is 0.900. The summed E-state index contributed by atoms with van der Waals surface area (Å²) in [7, 11) is 0. The van der Waals surface area contributed by atoms with Crippen LogP contribution >= 0.6 is 11.8 Å². The Hall–Kier alpha value is -0.220. The van der Waals surface area contributed by atoms with Crippen molar-refractivity contribution in [2.24, 2.45) is 5.73 Å². The lowest BCUT2D eigenvalue weighted by Crippen LogP contribution is -2.33. The zero-order valence-electron chi connectivity index (χ0n) is 9.12. The van der Waals surface area contributed by atoms with Crippen molar-refractivity contribution >= 4 is 17.7 Å². The van der Waals surface area contributed by atoms with E-state index in [2.05, 4.69) is 6.92 Å². The Kier molecular flexibility index (Phi) is 9.19. The first-order chi connectivity index (χ1) is 6.72. The summed E-state index contributed by atoms with van der Waals surface area (Å²) in [6.45, 7) is 2.63. The third-order valence-corrected chi connectivity index (χ3v) is 2.57. The van der Waals surface area contributed by atoms with Gasteiger partial charge in [0.25, 0.3) is 0 Å². The van der Waals surface area contributed by atoms with Crippen LogP contribution in [-0.2, 0) is 9.53 Å². The zero-order chi connectivity index (χ0) is 10.8. The molecule has 3 nitrogen and oxygen atoms in total. The minimum Gasteiger partial charge on any atom is -0.465 e. The predicted octanol–water partition coefficient (Wildman–Crippen LogP) is 1.80. The third kappa shape index (κ3) is 7.21. The molecule has 14 heavy (non-hydrogen) atoms. The number of ether oxygens (including phenoxy) is 1. The minimum absolute atomic E-state index is 0.254. The van der Waals surface area contributed by atoms with Crippen LogP contribution in [0.4, 0.5) is 0 Å². The molecular formula is C10H21NO2S. The van der Waals surface area contributed by atoms with Gasteiger partial charge in [0.1, 0.15) is 6.04 Å². The van der Waals surface area contributed by atoms with E-state index in [1.54, 1.807) is 11.8 Å². The molecule has 0 aromatic carbocycles. The number of carbonyl (C=O) groups is 1. The van der Waals surface area contributed by atoms with Gasteiger partial charge in [-0.25, -0.2) is 0 Å². The Morgan fingerprint density at radius 2 is 2.21 bits per heavy atom. The normalized spacial score (nSPS) is 12.5. The number of hydrogen-bond acceptors (Lipinski definition) is 4. The largest absolute Gasteiger partial charge is 0.465 e. The van der Waals surface area contributed by atoms with Gasteiger partial charge in [0, 0.05) is 0 Å². The van der Waals surface area contributed by atoms with Gasteiger partial charge >= 0.3 is 5.97 Å². The lowest BCUT2D eigenvalue weighted by Gasteiger charge is -2.10. The summed E-state index contributed by atoms with van der Waals surface area (Å²) < 4.78 is 5.03. The Morgan fingerprint density at radius 1 is 1.50 bits per heavy atom. The molecule has 0 heterocycles. The van der Waals surface area contributed by atoms with Gasteiger partial charge in [0.05, 0.1) is 6.61 Å². The molecule has 0 bridgehead atoms. The summed E-state index contributed by atoms with van der Waals surface area (Å²) in [4.78, 5) is 11.3. The molecule has 0 spiro atoms. The van der Waals surface area contributed by atoms with Crippen LogP contribution in [0.5, 0.6) is 0 Å². The van der Waals surface area contributed by atoms with Crippen LogP contribution in [0.15, 0.2) is 0 Å². The Bertz CT molecular complexity index is 153. The monoisotopic (exact) mass is 219 g/mol. The van der Waals surface area contributed by atoms with Gasteiger partial charge in [-0.05, 0) is 24.9 Å². The second-order valence-electron chi connectivity index (χ2n) is 3.26. The van der Waals surface area contributed by atoms with Crippen LogP contribution in [0.1, 0.15) is 32.6 Å². The van der Waals surface area contributed by atoms with Crippen molar-refractivity contribution in [2.45, 2.75) is 38.6 Å². The fourth-order valence-corrected chi connectivity index (χ4v) is 1.48. The quantitative estimate of drug-likeness (QED) is 0.499. The maximum absolute atomic E-state index is 11.3. The molecule has 4 heteroatoms. The van der Waals surface area contributed by atoms with Gasteiger partial charge in [0.2, 0.25) is 0 Å². The van der Waals surface area contributed by atoms with E-state index in [4.69, 9.17) is 10.5 Å². The van der Waals surface area contributed by atoms with E-state index in [9.17, 15) is 4.79 Å². The molecule has 84 valence electrons. The molecule has 0 amide bonds. The highest BCUT2D eigenvalue weighted by Gasteiger charge is 2.13. The van der Waals surface area contributed by atoms with E-state index >= 15 is 0 Å². The molecule has 0 aromatic heterocycles. The SMILES string of the molecule is CCCCCOC(=O)[C@@H](N)CCSC. The summed E-state index contributed by atoms with van der Waals surface area (Å²) in [6, 6.07) is -0.441. The van der Waals surface area contributed by atoms with E-state index in [-0.39, 0.29) is 5.97 Å². The number of carbonyl (C=O) groups excluding carboxylic acids is 1. The maximum Gasteiger partial charge on any atom is 0.322 e. The average Bonchev–Trinajstić information content (AvgIpc) is 2.20. The van der Waals surface area contributed by atoms with Crippen molar-refractivity contribution in [3.8, 4) is 0 Å². The van der Waals surface area contributed by atoms with Crippen LogP contribution in [0, 0.1) is 0 Å². The van der Waals surface area contributed by atoms with E-state index in [0.29, 0.717) is 13.0 Å². The van der Waals surface area contributed by atoms with E-state index in [1.807, 2.05) is 6.26 Å². The summed E-state index contributed by atoms with van der Waals surface area (Å²) in [5.41, 5.74) is 5.63. The molecule has 0 aliphatic rings. The third-order valence-electron chi connectivity index (χ3n) is 1.93. The van der Waals surface area contributed by atoms with E-state index < -0.39 is 6.04 Å². The number of nitrogens with two attached hydrogens (primary N) is 1. The second-order valence-corrected chi connectivity index (χ2v) is 4.25. The molecular weight excluding hydrogens is 198 g/mol. The first-order valence-electron chi connectivity index (χ1n) is 5.13. The van der Waals surface area contributed by atoms with E-state index in [0.717, 1.165) is 25.0 Å². The highest BCUT2D eigenvalue weighted by Crippen LogP contribution is 2.01. The molecule has 0 saturated heterocycles. The van der Waals surface area contributed by atoms with Gasteiger partial charge in [-0.2, -0.15) is 11.8 Å². The van der Waals surface area contributed by atoms with Crippen molar-refractivity contribution in [1.29, 1.82) is 0 Å². The fourth-order valence-electron chi connectivity index (χ4n) is 0.995. The van der Waals surface area contributed by atoms with Gasteiger partial charge in [0.15, 0.2) is 0 Å². The van der Waals surface area contributed by atoms with Gasteiger partial charge in [-0.15, -0.1) is 0 Å². The van der Waals surface area contributed by atoms with Crippen molar-refractivity contribution < 1.29 is 9.53 Å². The molecule has 2 N–H and O–H groups in total. The maximum atomic E-state index is 11.3. The van der Waals surface area contributed by atoms with Crippen molar-refractivity contribution in [1.82, 2.24) is 0 Å². The molecule has 0 aromatic rings. The minimum atomic E-state index is -0.441. The molecule has 0 rings (SSSR count). The van der Waals surface area contributed by atoms with Gasteiger partial charge in [-0.3, -0.25) is 4.79 Å². The van der Waals surface area contributed by atoms with Crippen LogP contribution in [-0.4, -0.2) is 30.6 Å². The molecule has 0 radical (unpaired) electrons. The molecule has 1 atom stereocenters. The van der Waals surface area contributed by atoms with Crippen LogP contribution in [0.2, 0.25) is 0 Å². The number of esters is 1. The average molecular weight is 219 g/mol. The van der Waals surface area contributed by atoms with Crippen molar-refractivity contribution in [2.75, 3.05) is 18.6 Å². The molecule has 0 saturated carbocycles. The van der Waals surface area contributed by atoms with Gasteiger partial charge < -0.3 is 10.5 Å². The lowest BCUT2D eigenvalue weighted by molar-refractivity contribution is -0.145. The summed E-state index contributed by atoms with van der Waals surface area (Å²) in [5, 5.41) is 0. The second kappa shape index (κ2) is 9.34. The highest BCUT2D eigenvalue weighted by atomic mass is 32.2. The number of rotatable bonds is 8. The number of unbranched alkanes of at least 4 members (excludes halogenated alkanes) is 2. The molecule has 0 aliphatic carbocycles. The standard InChI is InChI=1S/C10H21NO2S/c1-3-4-5-7-13-10(12)9(11)6-8-14-2/h9H,3-8,11H2,1-2H3/t9-/m0/s1. The van der Waals surface area contributed by atoms with Crippen LogP contribution in [0.3, 0.4) is 0 Å². The summed E-state index contributed by atoms with van der Waals surface area (Å²) in [5.74, 6) is 0.653. The first-order valence-corrected chi connectivity index (χ1v) is 6.53. The van der Waals surface area contributed by atoms with Gasteiger partial charge in [-0.1, -0.05) is 19.8 Å². The Labute approximate surface area is 90.8 Å². The molecule has 0 fully saturated rings. The van der Waals surface area contributed by atoms with E-state index in [1.165, 1.54) is 0 Å². The topological polar surface area (TPSA) is 52.3 Å². The first kappa shape index (κ1) is 13.8. The van der Waals surface area contributed by atoms with Crippen LogP contribution in [0.25, 0.3) is 0 Å². The Balaban J connectivity index is 3.42. The zero-order valence-corrected chi connectivity index (χ0v) is 9.94. The Morgan fingerprint density at radius 3 is 2.79 bits per heavy atom.